The van der Waals surface area contributed by atoms with Gasteiger partial charge in [0.25, 0.3) is 0 Å². The number of carboxylic acid groups (broad SMARTS) is 1. The maximum Gasteiger partial charge on any atom is 0.405 e. The highest BCUT2D eigenvalue weighted by Gasteiger charge is 2.38. The highest BCUT2D eigenvalue weighted by Crippen LogP contribution is 2.33. The molecule has 0 bridgehead atoms. The normalized spacial score (nSPS) is 15.1. The molecule has 3 heteroatoms. The molecule has 0 spiro atoms. The van der Waals surface area contributed by atoms with Crippen molar-refractivity contribution in [3.05, 3.63) is 35.9 Å². The second-order valence-electron chi connectivity index (χ2n) is 5.67. The smallest absolute Gasteiger partial charge is 0.405 e. The first-order chi connectivity index (χ1) is 7.74. The molecular weight excluding hydrogens is 214 g/mol. The summed E-state index contributed by atoms with van der Waals surface area (Å²) in [6.45, 7) is 8.10. The summed E-state index contributed by atoms with van der Waals surface area (Å²) in [6.07, 6.45) is -0.290. The van der Waals surface area contributed by atoms with E-state index in [1.807, 2.05) is 58.0 Å². The fraction of sp³-hybridized carbons (Fsp3) is 0.500. The van der Waals surface area contributed by atoms with Gasteiger partial charge in [0.15, 0.2) is 0 Å². The summed E-state index contributed by atoms with van der Waals surface area (Å²) in [6, 6.07) is 9.95. The molecule has 1 aromatic rings. The zero-order valence-corrected chi connectivity index (χ0v) is 10.9. The molecule has 0 aliphatic rings. The molecule has 1 aromatic carbocycles. The van der Waals surface area contributed by atoms with E-state index in [0.29, 0.717) is 6.42 Å². The topological polar surface area (TPSA) is 49.3 Å². The second kappa shape index (κ2) is 4.78. The van der Waals surface area contributed by atoms with E-state index >= 15 is 0 Å². The Kier molecular flexibility index (Phi) is 3.81. The highest BCUT2D eigenvalue weighted by atomic mass is 16.4. The van der Waals surface area contributed by atoms with Crippen molar-refractivity contribution in [1.82, 2.24) is 5.32 Å². The lowest BCUT2D eigenvalue weighted by atomic mass is 9.71. The lowest BCUT2D eigenvalue weighted by Crippen LogP contribution is -2.56. The summed E-state index contributed by atoms with van der Waals surface area (Å²) >= 11 is 0. The van der Waals surface area contributed by atoms with E-state index in [1.54, 1.807) is 0 Å². The summed E-state index contributed by atoms with van der Waals surface area (Å²) in [5.41, 5.74) is 0.500. The third-order valence-corrected chi connectivity index (χ3v) is 3.44. The predicted molar refractivity (Wildman–Crippen MR) is 69.2 cm³/mol. The summed E-state index contributed by atoms with van der Waals surface area (Å²) in [4.78, 5) is 10.9. The number of benzene rings is 1. The van der Waals surface area contributed by atoms with E-state index in [0.717, 1.165) is 5.56 Å². The van der Waals surface area contributed by atoms with Gasteiger partial charge in [0, 0.05) is 5.54 Å². The van der Waals surface area contributed by atoms with Crippen LogP contribution in [0.5, 0.6) is 0 Å². The van der Waals surface area contributed by atoms with Crippen LogP contribution in [-0.2, 0) is 6.42 Å². The zero-order chi connectivity index (χ0) is 13.1. The standard InChI is InChI=1S/C14H21NO2/c1-13(2,3)14(4,15-12(16)17)10-11-8-6-5-7-9-11/h5-9,15H,10H2,1-4H3,(H,16,17)/t14-/m1/s1. The van der Waals surface area contributed by atoms with Crippen molar-refractivity contribution in [1.29, 1.82) is 0 Å². The fourth-order valence-corrected chi connectivity index (χ4v) is 1.74. The third kappa shape index (κ3) is 3.48. The molecule has 0 aliphatic carbocycles. The van der Waals surface area contributed by atoms with Gasteiger partial charge in [0.1, 0.15) is 0 Å². The van der Waals surface area contributed by atoms with Crippen molar-refractivity contribution < 1.29 is 9.90 Å². The summed E-state index contributed by atoms with van der Waals surface area (Å²) in [5, 5.41) is 11.6. The highest BCUT2D eigenvalue weighted by molar-refractivity contribution is 5.65. The van der Waals surface area contributed by atoms with E-state index < -0.39 is 11.6 Å². The van der Waals surface area contributed by atoms with Crippen molar-refractivity contribution in [2.75, 3.05) is 0 Å². The van der Waals surface area contributed by atoms with Crippen LogP contribution >= 0.6 is 0 Å². The van der Waals surface area contributed by atoms with Crippen LogP contribution in [0.25, 0.3) is 0 Å². The van der Waals surface area contributed by atoms with Gasteiger partial charge in [-0.05, 0) is 24.3 Å². The number of rotatable bonds is 3. The summed E-state index contributed by atoms with van der Waals surface area (Å²) in [5.74, 6) is 0. The van der Waals surface area contributed by atoms with Crippen LogP contribution in [0, 0.1) is 5.41 Å². The Balaban J connectivity index is 2.96. The first kappa shape index (κ1) is 13.6. The molecule has 0 aromatic heterocycles. The van der Waals surface area contributed by atoms with Crippen molar-refractivity contribution in [3.8, 4) is 0 Å². The zero-order valence-electron chi connectivity index (χ0n) is 10.9. The van der Waals surface area contributed by atoms with E-state index in [4.69, 9.17) is 5.11 Å². The molecule has 1 atom stereocenters. The predicted octanol–water partition coefficient (Wildman–Crippen LogP) is 3.30. The molecule has 1 amide bonds. The lowest BCUT2D eigenvalue weighted by Gasteiger charge is -2.42. The van der Waals surface area contributed by atoms with Gasteiger partial charge in [-0.25, -0.2) is 4.79 Å². The van der Waals surface area contributed by atoms with Gasteiger partial charge < -0.3 is 10.4 Å². The SMILES string of the molecule is CC(C)(C)[C@@](C)(Cc1ccccc1)NC(=O)O. The number of carbonyl (C=O) groups is 1. The number of hydrogen-bond acceptors (Lipinski definition) is 1. The summed E-state index contributed by atoms with van der Waals surface area (Å²) < 4.78 is 0. The number of nitrogens with one attached hydrogen (secondary N) is 1. The van der Waals surface area contributed by atoms with E-state index in [9.17, 15) is 4.79 Å². The van der Waals surface area contributed by atoms with E-state index in [2.05, 4.69) is 5.32 Å². The molecule has 2 N–H and O–H groups in total. The molecule has 3 nitrogen and oxygen atoms in total. The first-order valence-corrected chi connectivity index (χ1v) is 5.80. The van der Waals surface area contributed by atoms with E-state index in [1.165, 1.54) is 0 Å². The molecule has 0 fully saturated rings. The van der Waals surface area contributed by atoms with Crippen LogP contribution in [0.4, 0.5) is 4.79 Å². The minimum atomic E-state index is -0.974. The van der Waals surface area contributed by atoms with Gasteiger partial charge in [-0.15, -0.1) is 0 Å². The van der Waals surface area contributed by atoms with Gasteiger partial charge in [0.05, 0.1) is 0 Å². The molecule has 0 saturated heterocycles. The van der Waals surface area contributed by atoms with Crippen LogP contribution in [0.3, 0.4) is 0 Å². The van der Waals surface area contributed by atoms with Crippen LogP contribution in [-0.4, -0.2) is 16.7 Å². The first-order valence-electron chi connectivity index (χ1n) is 5.80. The summed E-state index contributed by atoms with van der Waals surface area (Å²) in [7, 11) is 0. The Morgan fingerprint density at radius 2 is 1.71 bits per heavy atom. The number of hydrogen-bond donors (Lipinski definition) is 2. The van der Waals surface area contributed by atoms with Crippen molar-refractivity contribution in [3.63, 3.8) is 0 Å². The molecule has 0 aliphatic heterocycles. The molecule has 17 heavy (non-hydrogen) atoms. The van der Waals surface area contributed by atoms with Crippen LogP contribution < -0.4 is 5.32 Å². The maximum atomic E-state index is 10.9. The Bertz CT molecular complexity index is 381. The fourth-order valence-electron chi connectivity index (χ4n) is 1.74. The Morgan fingerprint density at radius 3 is 2.12 bits per heavy atom. The van der Waals surface area contributed by atoms with Crippen LogP contribution in [0.15, 0.2) is 30.3 Å². The van der Waals surface area contributed by atoms with Gasteiger partial charge in [-0.3, -0.25) is 0 Å². The third-order valence-electron chi connectivity index (χ3n) is 3.44. The van der Waals surface area contributed by atoms with Gasteiger partial charge >= 0.3 is 6.09 Å². The average Bonchev–Trinajstić information content (AvgIpc) is 2.15. The van der Waals surface area contributed by atoms with Crippen LogP contribution in [0.2, 0.25) is 0 Å². The minimum Gasteiger partial charge on any atom is -0.465 e. The van der Waals surface area contributed by atoms with Gasteiger partial charge in [-0.2, -0.15) is 0 Å². The molecular formula is C14H21NO2. The Labute approximate surface area is 103 Å². The maximum absolute atomic E-state index is 10.9. The molecule has 94 valence electrons. The van der Waals surface area contributed by atoms with Crippen LogP contribution in [0.1, 0.15) is 33.3 Å². The molecule has 0 unspecified atom stereocenters. The molecule has 0 heterocycles. The molecule has 0 saturated carbocycles. The Hall–Kier alpha value is -1.51. The monoisotopic (exact) mass is 235 g/mol. The van der Waals surface area contributed by atoms with Gasteiger partial charge in [-0.1, -0.05) is 51.1 Å². The Morgan fingerprint density at radius 1 is 1.18 bits per heavy atom. The van der Waals surface area contributed by atoms with Crippen molar-refractivity contribution in [2.45, 2.75) is 39.7 Å². The lowest BCUT2D eigenvalue weighted by molar-refractivity contribution is 0.131. The average molecular weight is 235 g/mol. The quantitative estimate of drug-likeness (QED) is 0.844. The van der Waals surface area contributed by atoms with Gasteiger partial charge in [0.2, 0.25) is 0 Å². The molecule has 0 radical (unpaired) electrons. The van der Waals surface area contributed by atoms with E-state index in [-0.39, 0.29) is 5.41 Å². The second-order valence-corrected chi connectivity index (χ2v) is 5.67. The number of amides is 1. The molecule has 1 rings (SSSR count). The van der Waals surface area contributed by atoms with Crippen molar-refractivity contribution >= 4 is 6.09 Å². The minimum absolute atomic E-state index is 0.152. The largest absolute Gasteiger partial charge is 0.465 e. The van der Waals surface area contributed by atoms with Crippen molar-refractivity contribution in [2.24, 2.45) is 5.41 Å².